The Hall–Kier alpha value is -3.76. The SMILES string of the molecule is Cc1cccc(C)c1-c1nc2cccc(-c3nc4ccccc4n3-c3c(C(C)C)cccc3C(C)C)c2s1. The molecule has 0 amide bonds. The molecule has 4 aromatic carbocycles. The molecule has 6 aromatic rings. The number of aryl methyl sites for hydroxylation is 2. The number of nitrogens with zero attached hydrogens (tertiary/aromatic N) is 3. The van der Waals surface area contributed by atoms with E-state index in [-0.39, 0.29) is 0 Å². The Labute approximate surface area is 228 Å². The molecule has 0 radical (unpaired) electrons. The first-order valence-electron chi connectivity index (χ1n) is 13.4. The van der Waals surface area contributed by atoms with E-state index in [1.807, 2.05) is 0 Å². The van der Waals surface area contributed by atoms with Crippen LogP contribution in [0.3, 0.4) is 0 Å². The fourth-order valence-electron chi connectivity index (χ4n) is 5.59. The van der Waals surface area contributed by atoms with Crippen molar-refractivity contribution in [3.8, 4) is 27.6 Å². The number of benzene rings is 4. The van der Waals surface area contributed by atoms with Crippen LogP contribution in [0.1, 0.15) is 61.8 Å². The summed E-state index contributed by atoms with van der Waals surface area (Å²) in [5, 5.41) is 1.07. The first-order valence-corrected chi connectivity index (χ1v) is 14.2. The highest BCUT2D eigenvalue weighted by Gasteiger charge is 2.24. The predicted molar refractivity (Wildman–Crippen MR) is 163 cm³/mol. The molecule has 6 rings (SSSR count). The summed E-state index contributed by atoms with van der Waals surface area (Å²) in [5.41, 5.74) is 12.0. The van der Waals surface area contributed by atoms with Crippen LogP contribution in [0.2, 0.25) is 0 Å². The van der Waals surface area contributed by atoms with Gasteiger partial charge in [-0.1, -0.05) is 82.3 Å². The largest absolute Gasteiger partial charge is 0.292 e. The van der Waals surface area contributed by atoms with Gasteiger partial charge in [0.2, 0.25) is 0 Å². The summed E-state index contributed by atoms with van der Waals surface area (Å²) >= 11 is 1.77. The number of aromatic nitrogens is 3. The average Bonchev–Trinajstić information content (AvgIpc) is 3.49. The van der Waals surface area contributed by atoms with E-state index in [4.69, 9.17) is 9.97 Å². The molecular formula is C34H33N3S. The first kappa shape index (κ1) is 24.6. The molecule has 0 aliphatic heterocycles. The van der Waals surface area contributed by atoms with Gasteiger partial charge in [0.25, 0.3) is 0 Å². The molecule has 0 fully saturated rings. The van der Waals surface area contributed by atoms with E-state index in [1.54, 1.807) is 11.3 Å². The minimum atomic E-state index is 0.382. The van der Waals surface area contributed by atoms with E-state index in [2.05, 4.69) is 125 Å². The molecule has 0 aliphatic carbocycles. The standard InChI is InChI=1S/C34H33N3S/c1-20(2)24-14-10-15-25(21(3)4)31(24)37-29-19-8-7-17-27(29)35-33(37)26-16-11-18-28-32(26)38-34(36-28)30-22(5)12-9-13-23(30)6/h7-21H,1-6H3. The van der Waals surface area contributed by atoms with Crippen LogP contribution in [0.15, 0.2) is 78.9 Å². The zero-order chi connectivity index (χ0) is 26.6. The fraction of sp³-hybridized carbons (Fsp3) is 0.235. The second-order valence-electron chi connectivity index (χ2n) is 10.8. The summed E-state index contributed by atoms with van der Waals surface area (Å²) in [6, 6.07) is 28.2. The van der Waals surface area contributed by atoms with Gasteiger partial charge in [-0.3, -0.25) is 4.57 Å². The van der Waals surface area contributed by atoms with Gasteiger partial charge in [-0.05, 0) is 72.2 Å². The fourth-order valence-corrected chi connectivity index (χ4v) is 6.84. The molecule has 2 aromatic heterocycles. The average molecular weight is 516 g/mol. The van der Waals surface area contributed by atoms with Gasteiger partial charge in [-0.25, -0.2) is 9.97 Å². The zero-order valence-corrected chi connectivity index (χ0v) is 23.7. The van der Waals surface area contributed by atoms with Crippen molar-refractivity contribution in [1.29, 1.82) is 0 Å². The third-order valence-electron chi connectivity index (χ3n) is 7.48. The predicted octanol–water partition coefficient (Wildman–Crippen LogP) is 9.83. The van der Waals surface area contributed by atoms with Crippen molar-refractivity contribution < 1.29 is 0 Å². The molecule has 0 saturated carbocycles. The summed E-state index contributed by atoms with van der Waals surface area (Å²) in [4.78, 5) is 10.4. The zero-order valence-electron chi connectivity index (χ0n) is 22.9. The van der Waals surface area contributed by atoms with E-state index >= 15 is 0 Å². The van der Waals surface area contributed by atoms with Crippen molar-refractivity contribution >= 4 is 32.6 Å². The summed E-state index contributed by atoms with van der Waals surface area (Å²) < 4.78 is 3.59. The normalized spacial score (nSPS) is 11.9. The minimum absolute atomic E-state index is 0.382. The Morgan fingerprint density at radius 3 is 1.95 bits per heavy atom. The molecule has 0 atom stereocenters. The maximum atomic E-state index is 5.27. The monoisotopic (exact) mass is 515 g/mol. The van der Waals surface area contributed by atoms with Gasteiger partial charge in [0.05, 0.1) is 26.9 Å². The van der Waals surface area contributed by atoms with Crippen molar-refractivity contribution in [2.24, 2.45) is 0 Å². The Bertz CT molecular complexity index is 1760. The smallest absolute Gasteiger partial charge is 0.147 e. The van der Waals surface area contributed by atoms with Crippen LogP contribution in [0.25, 0.3) is 48.9 Å². The lowest BCUT2D eigenvalue weighted by atomic mass is 9.92. The Kier molecular flexibility index (Phi) is 6.16. The third kappa shape index (κ3) is 3.95. The number of rotatable bonds is 5. The third-order valence-corrected chi connectivity index (χ3v) is 8.60. The molecule has 2 heterocycles. The number of hydrogen-bond acceptors (Lipinski definition) is 3. The van der Waals surface area contributed by atoms with Crippen molar-refractivity contribution in [2.45, 2.75) is 53.4 Å². The molecule has 0 N–H and O–H groups in total. The van der Waals surface area contributed by atoms with E-state index in [1.165, 1.54) is 38.2 Å². The minimum Gasteiger partial charge on any atom is -0.292 e. The van der Waals surface area contributed by atoms with E-state index in [9.17, 15) is 0 Å². The van der Waals surface area contributed by atoms with Crippen LogP contribution in [0.4, 0.5) is 0 Å². The van der Waals surface area contributed by atoms with Crippen LogP contribution in [-0.4, -0.2) is 14.5 Å². The summed E-state index contributed by atoms with van der Waals surface area (Å²) in [7, 11) is 0. The highest BCUT2D eigenvalue weighted by atomic mass is 32.1. The first-order chi connectivity index (χ1) is 18.3. The second kappa shape index (κ2) is 9.52. The van der Waals surface area contributed by atoms with Gasteiger partial charge in [0, 0.05) is 11.1 Å². The summed E-state index contributed by atoms with van der Waals surface area (Å²) in [5.74, 6) is 1.74. The topological polar surface area (TPSA) is 30.7 Å². The van der Waals surface area contributed by atoms with Gasteiger partial charge in [0.1, 0.15) is 10.8 Å². The highest BCUT2D eigenvalue weighted by Crippen LogP contribution is 2.42. The Balaban J connectivity index is 1.69. The molecule has 0 aliphatic rings. The number of imidazole rings is 1. The van der Waals surface area contributed by atoms with Crippen molar-refractivity contribution in [3.63, 3.8) is 0 Å². The molecule has 0 bridgehead atoms. The van der Waals surface area contributed by atoms with Crippen LogP contribution >= 0.6 is 11.3 Å². The second-order valence-corrected chi connectivity index (χ2v) is 11.8. The molecule has 0 spiro atoms. The number of thiazole rings is 1. The lowest BCUT2D eigenvalue weighted by Gasteiger charge is -2.22. The van der Waals surface area contributed by atoms with Crippen LogP contribution in [-0.2, 0) is 0 Å². The molecule has 190 valence electrons. The number of hydrogen-bond donors (Lipinski definition) is 0. The van der Waals surface area contributed by atoms with Crippen molar-refractivity contribution in [1.82, 2.24) is 14.5 Å². The lowest BCUT2D eigenvalue weighted by Crippen LogP contribution is -2.08. The summed E-state index contributed by atoms with van der Waals surface area (Å²) in [6.45, 7) is 13.5. The molecular weight excluding hydrogens is 482 g/mol. The number of fused-ring (bicyclic) bond motifs is 2. The number of para-hydroxylation sites is 3. The van der Waals surface area contributed by atoms with Gasteiger partial charge < -0.3 is 0 Å². The lowest BCUT2D eigenvalue weighted by molar-refractivity contribution is 0.811. The van der Waals surface area contributed by atoms with Gasteiger partial charge in [-0.15, -0.1) is 11.3 Å². The Morgan fingerprint density at radius 1 is 0.658 bits per heavy atom. The highest BCUT2D eigenvalue weighted by molar-refractivity contribution is 7.22. The molecule has 3 nitrogen and oxygen atoms in total. The van der Waals surface area contributed by atoms with Crippen molar-refractivity contribution in [3.05, 3.63) is 101 Å². The maximum Gasteiger partial charge on any atom is 0.147 e. The van der Waals surface area contributed by atoms with Gasteiger partial charge in [-0.2, -0.15) is 0 Å². The summed E-state index contributed by atoms with van der Waals surface area (Å²) in [6.07, 6.45) is 0. The van der Waals surface area contributed by atoms with E-state index < -0.39 is 0 Å². The van der Waals surface area contributed by atoms with Crippen LogP contribution < -0.4 is 0 Å². The van der Waals surface area contributed by atoms with E-state index in [0.717, 1.165) is 32.9 Å². The molecule has 4 heteroatoms. The molecule has 38 heavy (non-hydrogen) atoms. The quantitative estimate of drug-likeness (QED) is 0.229. The Morgan fingerprint density at radius 2 is 1.26 bits per heavy atom. The van der Waals surface area contributed by atoms with Gasteiger partial charge in [0.15, 0.2) is 0 Å². The van der Waals surface area contributed by atoms with E-state index in [0.29, 0.717) is 11.8 Å². The molecule has 0 saturated heterocycles. The van der Waals surface area contributed by atoms with Crippen molar-refractivity contribution in [2.75, 3.05) is 0 Å². The van der Waals surface area contributed by atoms with Crippen LogP contribution in [0.5, 0.6) is 0 Å². The molecule has 0 unspecified atom stereocenters. The van der Waals surface area contributed by atoms with Crippen LogP contribution in [0, 0.1) is 13.8 Å². The van der Waals surface area contributed by atoms with Gasteiger partial charge >= 0.3 is 0 Å². The maximum absolute atomic E-state index is 5.27.